The van der Waals surface area contributed by atoms with E-state index in [0.717, 1.165) is 35.9 Å². The molecule has 0 atom stereocenters. The monoisotopic (exact) mass is 750 g/mol. The van der Waals surface area contributed by atoms with E-state index >= 15 is 0 Å². The number of nitrogens with one attached hydrogen (secondary N) is 2. The summed E-state index contributed by atoms with van der Waals surface area (Å²) in [4.78, 5) is 33.8. The zero-order chi connectivity index (χ0) is 38.3. The van der Waals surface area contributed by atoms with Gasteiger partial charge in [-0.15, -0.1) is 0 Å². The lowest BCUT2D eigenvalue weighted by atomic mass is 9.98. The van der Waals surface area contributed by atoms with Crippen molar-refractivity contribution in [2.24, 2.45) is 0 Å². The number of rotatable bonds is 4. The summed E-state index contributed by atoms with van der Waals surface area (Å²) in [6.45, 7) is 1.86. The van der Waals surface area contributed by atoms with Crippen molar-refractivity contribution < 1.29 is 26.7 Å². The molecule has 0 aliphatic rings. The number of halogens is 6. The van der Waals surface area contributed by atoms with Crippen molar-refractivity contribution in [1.29, 1.82) is 0 Å². The predicted octanol–water partition coefficient (Wildman–Crippen LogP) is 9.41. The van der Waals surface area contributed by atoms with Crippen LogP contribution >= 0.6 is 11.6 Å². The molecule has 0 unspecified atom stereocenters. The van der Waals surface area contributed by atoms with E-state index in [1.807, 2.05) is 19.1 Å². The van der Waals surface area contributed by atoms with Crippen LogP contribution in [0.2, 0.25) is 5.02 Å². The zero-order valence-electron chi connectivity index (χ0n) is 27.9. The van der Waals surface area contributed by atoms with Crippen molar-refractivity contribution in [3.63, 3.8) is 0 Å². The van der Waals surface area contributed by atoms with E-state index in [0.29, 0.717) is 43.3 Å². The predicted molar refractivity (Wildman–Crippen MR) is 197 cm³/mol. The Hall–Kier alpha value is -6.66. The van der Waals surface area contributed by atoms with E-state index in [2.05, 4.69) is 15.0 Å². The summed E-state index contributed by atoms with van der Waals surface area (Å²) in [6.07, 6.45) is 2.69. The Balaban J connectivity index is 0.000000167. The van der Waals surface area contributed by atoms with Crippen LogP contribution in [-0.4, -0.2) is 15.0 Å². The maximum atomic E-state index is 14.3. The van der Waals surface area contributed by atoms with Crippen molar-refractivity contribution in [2.45, 2.75) is 6.92 Å². The second-order valence-corrected chi connectivity index (χ2v) is 12.5. The molecule has 0 radical (unpaired) electrons. The lowest BCUT2D eigenvalue weighted by Crippen LogP contribution is -2.29. The van der Waals surface area contributed by atoms with Crippen LogP contribution in [0.25, 0.3) is 66.6 Å². The van der Waals surface area contributed by atoms with Gasteiger partial charge in [0.05, 0.1) is 21.7 Å². The number of aromatic nitrogens is 4. The standard InChI is InChI=1S/C21H14F2N2O2.C20H10ClF3N2O/c1-12-4-2-3-5-14(12)21-20-16(8-9-25(21)27)17(11-19(26)24-20)15-7-6-13(22)10-18(15)23;21-14-8-10(22)4-5-11(14)13-9-17(27)26-19-12(13)6-7-25-20(19)18-15(23)2-1-3-16(18)24/h2-11H,1H3,(H,24,26);1-9H,(H,26,27). The maximum Gasteiger partial charge on any atom is 0.249 e. The molecule has 4 aromatic heterocycles. The second-order valence-electron chi connectivity index (χ2n) is 12.1. The fraction of sp³-hybridized carbons (Fsp3) is 0.0244. The summed E-state index contributed by atoms with van der Waals surface area (Å²) >= 11 is 6.14. The first-order chi connectivity index (χ1) is 25.9. The van der Waals surface area contributed by atoms with Crippen LogP contribution in [0.5, 0.6) is 0 Å². The van der Waals surface area contributed by atoms with Gasteiger partial charge in [0.1, 0.15) is 40.3 Å². The Kier molecular flexibility index (Phi) is 9.53. The third-order valence-electron chi connectivity index (χ3n) is 8.72. The van der Waals surface area contributed by atoms with Crippen molar-refractivity contribution in [2.75, 3.05) is 0 Å². The average molecular weight is 751 g/mol. The van der Waals surface area contributed by atoms with Gasteiger partial charge in [0.2, 0.25) is 16.8 Å². The van der Waals surface area contributed by atoms with Crippen LogP contribution in [0, 0.1) is 41.2 Å². The third-order valence-corrected chi connectivity index (χ3v) is 9.04. The Bertz CT molecular complexity index is 2880. The smallest absolute Gasteiger partial charge is 0.249 e. The Labute approximate surface area is 307 Å². The summed E-state index contributed by atoms with van der Waals surface area (Å²) in [5.41, 5.74) is 2.06. The second kappa shape index (κ2) is 14.4. The quantitative estimate of drug-likeness (QED) is 0.106. The van der Waals surface area contributed by atoms with Gasteiger partial charge in [-0.25, -0.2) is 22.0 Å². The summed E-state index contributed by atoms with van der Waals surface area (Å²) in [5.74, 6) is -3.61. The van der Waals surface area contributed by atoms with Gasteiger partial charge in [-0.3, -0.25) is 14.6 Å². The summed E-state index contributed by atoms with van der Waals surface area (Å²) in [6, 6.07) is 23.3. The molecule has 0 bridgehead atoms. The first-order valence-electron chi connectivity index (χ1n) is 16.1. The van der Waals surface area contributed by atoms with Crippen molar-refractivity contribution in [1.82, 2.24) is 15.0 Å². The van der Waals surface area contributed by atoms with Gasteiger partial charge in [0.15, 0.2) is 6.20 Å². The van der Waals surface area contributed by atoms with Gasteiger partial charge >= 0.3 is 0 Å². The molecule has 8 rings (SSSR count). The number of benzene rings is 4. The van der Waals surface area contributed by atoms with Crippen molar-refractivity contribution in [3.8, 4) is 44.8 Å². The number of aryl methyl sites for hydroxylation is 1. The largest absolute Gasteiger partial charge is 0.618 e. The molecule has 4 aromatic carbocycles. The van der Waals surface area contributed by atoms with E-state index in [4.69, 9.17) is 11.6 Å². The van der Waals surface area contributed by atoms with Gasteiger partial charge in [0.25, 0.3) is 0 Å². The van der Waals surface area contributed by atoms with E-state index in [-0.39, 0.29) is 33.1 Å². The highest BCUT2D eigenvalue weighted by atomic mass is 35.5. The molecular formula is C41H24ClF5N4O3. The van der Waals surface area contributed by atoms with Crippen LogP contribution in [0.3, 0.4) is 0 Å². The molecule has 0 amide bonds. The molecule has 0 spiro atoms. The molecule has 268 valence electrons. The van der Waals surface area contributed by atoms with E-state index in [1.165, 1.54) is 54.9 Å². The number of H-pyrrole nitrogens is 2. The maximum absolute atomic E-state index is 14.3. The van der Waals surface area contributed by atoms with Gasteiger partial charge in [-0.2, -0.15) is 4.73 Å². The molecular weight excluding hydrogens is 727 g/mol. The number of fused-ring (bicyclic) bond motifs is 2. The molecule has 0 aliphatic heterocycles. The van der Waals surface area contributed by atoms with Gasteiger partial charge in [-0.05, 0) is 78.2 Å². The van der Waals surface area contributed by atoms with Crippen molar-refractivity contribution in [3.05, 3.63) is 181 Å². The Morgan fingerprint density at radius 3 is 1.91 bits per heavy atom. The minimum Gasteiger partial charge on any atom is -0.618 e. The molecule has 8 aromatic rings. The fourth-order valence-electron chi connectivity index (χ4n) is 6.30. The first kappa shape index (κ1) is 35.7. The molecule has 0 saturated carbocycles. The van der Waals surface area contributed by atoms with Crippen LogP contribution in [0.15, 0.2) is 125 Å². The van der Waals surface area contributed by atoms with Crippen LogP contribution in [0.1, 0.15) is 5.56 Å². The lowest BCUT2D eigenvalue weighted by Gasteiger charge is -2.12. The van der Waals surface area contributed by atoms with Crippen LogP contribution < -0.4 is 15.8 Å². The topological polar surface area (TPSA) is 106 Å². The summed E-state index contributed by atoms with van der Waals surface area (Å²) in [5, 5.41) is 13.6. The Morgan fingerprint density at radius 2 is 1.24 bits per heavy atom. The third kappa shape index (κ3) is 6.70. The molecule has 0 fully saturated rings. The van der Waals surface area contributed by atoms with Crippen LogP contribution in [-0.2, 0) is 0 Å². The highest BCUT2D eigenvalue weighted by molar-refractivity contribution is 6.33. The zero-order valence-corrected chi connectivity index (χ0v) is 28.6. The highest BCUT2D eigenvalue weighted by Crippen LogP contribution is 2.37. The number of nitrogens with zero attached hydrogens (tertiary/aromatic N) is 2. The number of pyridine rings is 4. The minimum absolute atomic E-state index is 0.0414. The van der Waals surface area contributed by atoms with Gasteiger partial charge in [0, 0.05) is 52.4 Å². The lowest BCUT2D eigenvalue weighted by molar-refractivity contribution is -0.592. The molecule has 0 saturated heterocycles. The SMILES string of the molecule is Cc1ccccc1-c1c2[nH]c(=O)cc(-c3ccc(F)cc3F)c2cc[n+]1[O-].O=c1cc(-c2ccc(F)cc2Cl)c2ccnc(-c3c(F)cccc3F)c2[nH]1. The normalized spacial score (nSPS) is 11.1. The highest BCUT2D eigenvalue weighted by Gasteiger charge is 2.22. The summed E-state index contributed by atoms with van der Waals surface area (Å²) < 4.78 is 70.2. The number of aromatic amines is 2. The van der Waals surface area contributed by atoms with E-state index in [1.54, 1.807) is 18.2 Å². The number of hydrogen-bond donors (Lipinski definition) is 2. The Morgan fingerprint density at radius 1 is 0.630 bits per heavy atom. The van der Waals surface area contributed by atoms with Gasteiger partial charge < -0.3 is 15.2 Å². The van der Waals surface area contributed by atoms with Gasteiger partial charge in [-0.1, -0.05) is 35.9 Å². The minimum atomic E-state index is -0.805. The molecule has 4 heterocycles. The van der Waals surface area contributed by atoms with Crippen LogP contribution in [0.4, 0.5) is 22.0 Å². The molecule has 54 heavy (non-hydrogen) atoms. The molecule has 13 heteroatoms. The first-order valence-corrected chi connectivity index (χ1v) is 16.5. The van der Waals surface area contributed by atoms with E-state index < -0.39 is 40.2 Å². The van der Waals surface area contributed by atoms with Crippen molar-refractivity contribution >= 4 is 33.4 Å². The number of hydrogen-bond acceptors (Lipinski definition) is 4. The molecule has 0 aliphatic carbocycles. The molecule has 2 N–H and O–H groups in total. The van der Waals surface area contributed by atoms with E-state index in [9.17, 15) is 36.7 Å². The fourth-order valence-corrected chi connectivity index (χ4v) is 6.57. The molecule has 7 nitrogen and oxygen atoms in total. The average Bonchev–Trinajstić information content (AvgIpc) is 3.12. The summed E-state index contributed by atoms with van der Waals surface area (Å²) in [7, 11) is 0.